The molecule has 0 fully saturated rings. The van der Waals surface area contributed by atoms with Crippen LogP contribution in [0.4, 0.5) is 0 Å². The lowest BCUT2D eigenvalue weighted by Crippen LogP contribution is -2.45. The molecule has 0 aliphatic carbocycles. The fourth-order valence-corrected chi connectivity index (χ4v) is 2.70. The normalized spacial score (nSPS) is 11.7. The highest BCUT2D eigenvalue weighted by molar-refractivity contribution is 6.30. The van der Waals surface area contributed by atoms with E-state index < -0.39 is 17.1 Å². The van der Waals surface area contributed by atoms with Crippen molar-refractivity contribution in [2.45, 2.75) is 19.4 Å². The first kappa shape index (κ1) is 16.3. The number of rotatable bonds is 3. The minimum Gasteiger partial charge on any atom is -0.467 e. The number of hydrogen-bond donors (Lipinski definition) is 0. The predicted molar refractivity (Wildman–Crippen MR) is 90.1 cm³/mol. The second-order valence-corrected chi connectivity index (χ2v) is 6.23. The van der Waals surface area contributed by atoms with Gasteiger partial charge in [0.1, 0.15) is 5.69 Å². The molecule has 0 unspecified atom stereocenters. The van der Waals surface area contributed by atoms with Crippen LogP contribution in [0.3, 0.4) is 0 Å². The molecule has 6 nitrogen and oxygen atoms in total. The summed E-state index contributed by atoms with van der Waals surface area (Å²) >= 11 is 6.05. The summed E-state index contributed by atoms with van der Waals surface area (Å²) < 4.78 is 11.4. The molecule has 24 heavy (non-hydrogen) atoms. The minimum atomic E-state index is -1.27. The molecule has 0 atom stereocenters. The van der Waals surface area contributed by atoms with Crippen molar-refractivity contribution in [1.29, 1.82) is 0 Å². The van der Waals surface area contributed by atoms with Gasteiger partial charge in [0.15, 0.2) is 11.1 Å². The van der Waals surface area contributed by atoms with Crippen LogP contribution in [0.1, 0.15) is 13.8 Å². The number of hydrogen-bond acceptors (Lipinski definition) is 5. The first-order valence-electron chi connectivity index (χ1n) is 7.21. The summed E-state index contributed by atoms with van der Waals surface area (Å²) in [6.45, 7) is 3.14. The van der Waals surface area contributed by atoms with Gasteiger partial charge in [-0.05, 0) is 32.0 Å². The molecular formula is C17H15ClN2O4. The molecule has 0 amide bonds. The Bertz CT molecular complexity index is 988. The van der Waals surface area contributed by atoms with E-state index in [1.807, 2.05) is 0 Å². The highest BCUT2D eigenvalue weighted by atomic mass is 35.5. The molecule has 0 aliphatic heterocycles. The molecule has 0 saturated heterocycles. The number of furan rings is 1. The van der Waals surface area contributed by atoms with Crippen molar-refractivity contribution in [3.8, 4) is 11.3 Å². The molecule has 0 bridgehead atoms. The van der Waals surface area contributed by atoms with E-state index in [-0.39, 0.29) is 0 Å². The molecule has 0 spiro atoms. The lowest BCUT2D eigenvalue weighted by molar-refractivity contribution is -0.150. The standard InChI is InChI=1S/C17H15ClN2O4/c1-17(2,16(22)23-3)20-15(21)12-7-8-24-14(12)13(19-20)10-5-4-6-11(18)9-10/h4-9H,1-3H3. The number of nitrogens with zero attached hydrogens (tertiary/aromatic N) is 2. The number of fused-ring (bicyclic) bond motifs is 1. The number of aromatic nitrogens is 2. The third-order valence-electron chi connectivity index (χ3n) is 3.82. The van der Waals surface area contributed by atoms with E-state index in [1.165, 1.54) is 13.4 Å². The lowest BCUT2D eigenvalue weighted by Gasteiger charge is -2.23. The van der Waals surface area contributed by atoms with Crippen molar-refractivity contribution >= 4 is 28.5 Å². The summed E-state index contributed by atoms with van der Waals surface area (Å²) in [7, 11) is 1.27. The van der Waals surface area contributed by atoms with E-state index in [2.05, 4.69) is 5.10 Å². The van der Waals surface area contributed by atoms with Gasteiger partial charge in [-0.1, -0.05) is 23.7 Å². The van der Waals surface area contributed by atoms with Gasteiger partial charge in [0.05, 0.1) is 18.8 Å². The maximum absolute atomic E-state index is 12.7. The van der Waals surface area contributed by atoms with Gasteiger partial charge in [-0.15, -0.1) is 0 Å². The second kappa shape index (κ2) is 5.79. The van der Waals surface area contributed by atoms with E-state index in [1.54, 1.807) is 44.2 Å². The third-order valence-corrected chi connectivity index (χ3v) is 4.05. The summed E-state index contributed by atoms with van der Waals surface area (Å²) in [5, 5.41) is 5.23. The van der Waals surface area contributed by atoms with E-state index in [9.17, 15) is 9.59 Å². The van der Waals surface area contributed by atoms with Crippen molar-refractivity contribution in [3.63, 3.8) is 0 Å². The second-order valence-electron chi connectivity index (χ2n) is 5.79. The molecule has 2 heterocycles. The van der Waals surface area contributed by atoms with E-state index >= 15 is 0 Å². The van der Waals surface area contributed by atoms with Crippen molar-refractivity contribution in [2.24, 2.45) is 0 Å². The van der Waals surface area contributed by atoms with Crippen molar-refractivity contribution in [2.75, 3.05) is 7.11 Å². The average molecular weight is 347 g/mol. The van der Waals surface area contributed by atoms with E-state index in [0.717, 1.165) is 4.68 Å². The summed E-state index contributed by atoms with van der Waals surface area (Å²) in [5.41, 5.74) is -0.255. The number of esters is 1. The van der Waals surface area contributed by atoms with Gasteiger partial charge in [0.2, 0.25) is 0 Å². The van der Waals surface area contributed by atoms with Gasteiger partial charge in [0, 0.05) is 10.6 Å². The molecule has 1 aromatic carbocycles. The Morgan fingerprint density at radius 1 is 1.33 bits per heavy atom. The molecule has 0 aliphatic rings. The molecular weight excluding hydrogens is 332 g/mol. The first-order valence-corrected chi connectivity index (χ1v) is 7.59. The van der Waals surface area contributed by atoms with Crippen LogP contribution in [0, 0.1) is 0 Å². The van der Waals surface area contributed by atoms with Crippen molar-refractivity contribution < 1.29 is 13.9 Å². The van der Waals surface area contributed by atoms with Crippen LogP contribution in [0.5, 0.6) is 0 Å². The van der Waals surface area contributed by atoms with Gasteiger partial charge < -0.3 is 9.15 Å². The highest BCUT2D eigenvalue weighted by Gasteiger charge is 2.34. The SMILES string of the molecule is COC(=O)C(C)(C)n1nc(-c2cccc(Cl)c2)c2occc2c1=O. The fourth-order valence-electron chi connectivity index (χ4n) is 2.51. The van der Waals surface area contributed by atoms with Crippen LogP contribution in [-0.2, 0) is 15.1 Å². The molecule has 0 saturated carbocycles. The molecule has 3 aromatic rings. The molecule has 0 radical (unpaired) electrons. The Kier molecular flexibility index (Phi) is 3.93. The van der Waals surface area contributed by atoms with E-state index in [4.69, 9.17) is 20.8 Å². The molecule has 0 N–H and O–H groups in total. The number of benzene rings is 1. The molecule has 2 aromatic heterocycles. The lowest BCUT2D eigenvalue weighted by atomic mass is 10.1. The number of methoxy groups -OCH3 is 1. The minimum absolute atomic E-state index is 0.331. The zero-order valence-corrected chi connectivity index (χ0v) is 14.1. The van der Waals surface area contributed by atoms with Crippen LogP contribution in [0.15, 0.2) is 45.8 Å². The topological polar surface area (TPSA) is 74.3 Å². The third kappa shape index (κ3) is 2.49. The molecule has 7 heteroatoms. The zero-order chi connectivity index (χ0) is 17.5. The smallest absolute Gasteiger partial charge is 0.333 e. The van der Waals surface area contributed by atoms with E-state index in [0.29, 0.717) is 27.2 Å². The fraction of sp³-hybridized carbons (Fsp3) is 0.235. The van der Waals surface area contributed by atoms with Crippen molar-refractivity contribution in [3.05, 3.63) is 52.0 Å². The Morgan fingerprint density at radius 2 is 2.08 bits per heavy atom. The number of carbonyl (C=O) groups is 1. The Hall–Kier alpha value is -2.60. The van der Waals surface area contributed by atoms with Crippen LogP contribution >= 0.6 is 11.6 Å². The van der Waals surface area contributed by atoms with Gasteiger partial charge in [-0.2, -0.15) is 5.10 Å². The maximum atomic E-state index is 12.7. The first-order chi connectivity index (χ1) is 11.4. The Labute approximate surface area is 142 Å². The Morgan fingerprint density at radius 3 is 2.75 bits per heavy atom. The maximum Gasteiger partial charge on any atom is 0.333 e. The largest absolute Gasteiger partial charge is 0.467 e. The predicted octanol–water partition coefficient (Wildman–Crippen LogP) is 3.22. The number of carbonyl (C=O) groups excluding carboxylic acids is 1. The number of halogens is 1. The molecule has 3 rings (SSSR count). The summed E-state index contributed by atoms with van der Waals surface area (Å²) in [5.74, 6) is -0.572. The Balaban J connectivity index is 2.36. The van der Waals surface area contributed by atoms with Gasteiger partial charge >= 0.3 is 5.97 Å². The van der Waals surface area contributed by atoms with Crippen molar-refractivity contribution in [1.82, 2.24) is 9.78 Å². The quantitative estimate of drug-likeness (QED) is 0.681. The zero-order valence-electron chi connectivity index (χ0n) is 13.4. The summed E-state index contributed by atoms with van der Waals surface area (Å²) in [6.07, 6.45) is 1.41. The summed E-state index contributed by atoms with van der Waals surface area (Å²) in [4.78, 5) is 24.8. The summed E-state index contributed by atoms with van der Waals surface area (Å²) in [6, 6.07) is 8.58. The van der Waals surface area contributed by atoms with Crippen LogP contribution in [-0.4, -0.2) is 22.9 Å². The van der Waals surface area contributed by atoms with Gasteiger partial charge in [-0.3, -0.25) is 4.79 Å². The van der Waals surface area contributed by atoms with Crippen LogP contribution in [0.25, 0.3) is 22.2 Å². The van der Waals surface area contributed by atoms with Crippen LogP contribution in [0.2, 0.25) is 5.02 Å². The average Bonchev–Trinajstić information content (AvgIpc) is 3.04. The van der Waals surface area contributed by atoms with Gasteiger partial charge in [-0.25, -0.2) is 9.48 Å². The number of ether oxygens (including phenoxy) is 1. The molecule has 124 valence electrons. The monoisotopic (exact) mass is 346 g/mol. The van der Waals surface area contributed by atoms with Crippen LogP contribution < -0.4 is 5.56 Å². The van der Waals surface area contributed by atoms with Gasteiger partial charge in [0.25, 0.3) is 5.56 Å². The highest BCUT2D eigenvalue weighted by Crippen LogP contribution is 2.28.